The number of benzene rings is 3. The zero-order valence-corrected chi connectivity index (χ0v) is 24.3. The van der Waals surface area contributed by atoms with Gasteiger partial charge in [-0.25, -0.2) is 9.59 Å². The summed E-state index contributed by atoms with van der Waals surface area (Å²) >= 11 is 0. The van der Waals surface area contributed by atoms with Gasteiger partial charge in [0, 0.05) is 24.4 Å². The van der Waals surface area contributed by atoms with Crippen molar-refractivity contribution in [3.05, 3.63) is 95.1 Å². The number of carbonyl (C=O) groups is 4. The van der Waals surface area contributed by atoms with Crippen LogP contribution >= 0.6 is 0 Å². The third-order valence-corrected chi connectivity index (χ3v) is 7.86. The van der Waals surface area contributed by atoms with Crippen LogP contribution in [0.15, 0.2) is 72.8 Å². The van der Waals surface area contributed by atoms with Gasteiger partial charge in [0.05, 0.1) is 6.54 Å². The van der Waals surface area contributed by atoms with E-state index in [2.05, 4.69) is 5.32 Å². The van der Waals surface area contributed by atoms with Crippen LogP contribution in [-0.4, -0.2) is 64.3 Å². The van der Waals surface area contributed by atoms with Crippen molar-refractivity contribution in [1.29, 1.82) is 0 Å². The molecule has 1 aliphatic carbocycles. The first-order valence-electron chi connectivity index (χ1n) is 14.1. The molecule has 2 atom stereocenters. The summed E-state index contributed by atoms with van der Waals surface area (Å²) in [5, 5.41) is 13.4. The Morgan fingerprint density at radius 1 is 0.977 bits per heavy atom. The van der Waals surface area contributed by atoms with Gasteiger partial charge in [-0.3, -0.25) is 19.8 Å². The number of carbonyl (C=O) groups excluding carboxylic acids is 3. The van der Waals surface area contributed by atoms with Gasteiger partial charge in [0.15, 0.2) is 0 Å². The molecule has 0 bridgehead atoms. The third-order valence-electron chi connectivity index (χ3n) is 7.86. The van der Waals surface area contributed by atoms with Gasteiger partial charge >= 0.3 is 18.0 Å². The molecular formula is C33H35N3O7. The first-order valence-corrected chi connectivity index (χ1v) is 14.1. The van der Waals surface area contributed by atoms with E-state index in [0.29, 0.717) is 5.56 Å². The third kappa shape index (κ3) is 6.10. The predicted molar refractivity (Wildman–Crippen MR) is 158 cm³/mol. The molecule has 2 aliphatic rings. The number of fused-ring (bicyclic) bond motifs is 3. The van der Waals surface area contributed by atoms with Crippen LogP contribution in [0.4, 0.5) is 4.79 Å². The summed E-state index contributed by atoms with van der Waals surface area (Å²) in [5.74, 6) is -2.77. The minimum atomic E-state index is -1.68. The molecular weight excluding hydrogens is 550 g/mol. The lowest BCUT2D eigenvalue weighted by atomic mass is 9.95. The number of nitrogens with zero attached hydrogens (tertiary/aromatic N) is 1. The number of primary amides is 1. The molecule has 43 heavy (non-hydrogen) atoms. The number of hydrogen-bond donors (Lipinski definition) is 3. The smallest absolute Gasteiger partial charge is 0.410 e. The first-order chi connectivity index (χ1) is 20.4. The largest absolute Gasteiger partial charge is 0.480 e. The van der Waals surface area contributed by atoms with Gasteiger partial charge in [-0.1, -0.05) is 60.7 Å². The second-order valence-corrected chi connectivity index (χ2v) is 12.0. The molecule has 3 aromatic carbocycles. The van der Waals surface area contributed by atoms with E-state index in [-0.39, 0.29) is 37.6 Å². The van der Waals surface area contributed by atoms with E-state index in [4.69, 9.17) is 15.2 Å². The van der Waals surface area contributed by atoms with Gasteiger partial charge in [0.25, 0.3) is 0 Å². The fourth-order valence-electron chi connectivity index (χ4n) is 5.82. The topological polar surface area (TPSA) is 148 Å². The number of ether oxygens (including phenoxy) is 2. The summed E-state index contributed by atoms with van der Waals surface area (Å²) < 4.78 is 11.4. The summed E-state index contributed by atoms with van der Waals surface area (Å²) in [7, 11) is 0. The summed E-state index contributed by atoms with van der Waals surface area (Å²) in [6.07, 6.45) is -1.05. The van der Waals surface area contributed by atoms with E-state index in [9.17, 15) is 24.3 Å². The molecule has 4 N–H and O–H groups in total. The van der Waals surface area contributed by atoms with Crippen LogP contribution in [0.25, 0.3) is 11.1 Å². The number of esters is 1. The van der Waals surface area contributed by atoms with Gasteiger partial charge < -0.3 is 20.3 Å². The standard InChI is InChI=1S/C33H35N3O7/c1-32(2,3)43-29(38)27-16-33(30(39)40,35-17-20-9-8-10-21(15-20)28(34)37)19-36(27)31(41)42-18-26-24-13-6-4-11-22(24)23-12-5-7-14-25(23)26/h4-15,26-27,35H,16-19H2,1-3H3,(H2,34,37)(H,39,40). The number of carboxylic acids is 1. The summed E-state index contributed by atoms with van der Waals surface area (Å²) in [6, 6.07) is 21.1. The van der Waals surface area contributed by atoms with E-state index in [0.717, 1.165) is 27.2 Å². The van der Waals surface area contributed by atoms with Crippen LogP contribution in [0, 0.1) is 0 Å². The zero-order valence-electron chi connectivity index (χ0n) is 24.3. The Balaban J connectivity index is 1.38. The highest BCUT2D eigenvalue weighted by atomic mass is 16.6. The van der Waals surface area contributed by atoms with Gasteiger partial charge in [0.2, 0.25) is 5.91 Å². The SMILES string of the molecule is CC(C)(C)OC(=O)C1CC(NCc2cccc(C(N)=O)c2)(C(=O)O)CN1C(=O)OCC1c2ccccc2-c2ccccc21. The highest BCUT2D eigenvalue weighted by Crippen LogP contribution is 2.44. The minimum Gasteiger partial charge on any atom is -0.480 e. The number of amides is 2. The Kier molecular flexibility index (Phi) is 7.98. The minimum absolute atomic E-state index is 0.0117. The molecule has 0 saturated carbocycles. The molecule has 0 aromatic heterocycles. The van der Waals surface area contributed by atoms with Crippen LogP contribution in [0.1, 0.15) is 60.2 Å². The monoisotopic (exact) mass is 585 g/mol. The van der Waals surface area contributed by atoms with Crippen molar-refractivity contribution in [2.45, 2.75) is 56.8 Å². The highest BCUT2D eigenvalue weighted by molar-refractivity contribution is 5.93. The lowest BCUT2D eigenvalue weighted by molar-refractivity contribution is -0.159. The van der Waals surface area contributed by atoms with Gasteiger partial charge in [-0.05, 0) is 60.7 Å². The second-order valence-electron chi connectivity index (χ2n) is 12.0. The number of carboxylic acid groups (broad SMARTS) is 1. The van der Waals surface area contributed by atoms with Crippen LogP contribution in [-0.2, 0) is 25.6 Å². The van der Waals surface area contributed by atoms with Gasteiger partial charge in [-0.15, -0.1) is 0 Å². The predicted octanol–water partition coefficient (Wildman–Crippen LogP) is 4.06. The summed E-state index contributed by atoms with van der Waals surface area (Å²) in [5.41, 5.74) is 7.94. The van der Waals surface area contributed by atoms with Crippen molar-refractivity contribution in [3.8, 4) is 11.1 Å². The Morgan fingerprint density at radius 2 is 1.60 bits per heavy atom. The molecule has 10 heteroatoms. The Labute approximate surface area is 249 Å². The Bertz CT molecular complexity index is 1530. The lowest BCUT2D eigenvalue weighted by Crippen LogP contribution is -2.54. The first kappa shape index (κ1) is 29.8. The Morgan fingerprint density at radius 3 is 2.19 bits per heavy atom. The van der Waals surface area contributed by atoms with Gasteiger partial charge in [-0.2, -0.15) is 0 Å². The molecule has 0 radical (unpaired) electrons. The molecule has 1 aliphatic heterocycles. The van der Waals surface area contributed by atoms with E-state index >= 15 is 0 Å². The van der Waals surface area contributed by atoms with Crippen LogP contribution < -0.4 is 11.1 Å². The van der Waals surface area contributed by atoms with E-state index in [1.54, 1.807) is 45.0 Å². The normalized spacial score (nSPS) is 19.4. The van der Waals surface area contributed by atoms with Crippen molar-refractivity contribution in [2.24, 2.45) is 5.73 Å². The fourth-order valence-corrected chi connectivity index (χ4v) is 5.82. The number of nitrogens with one attached hydrogen (secondary N) is 1. The molecule has 10 nitrogen and oxygen atoms in total. The lowest BCUT2D eigenvalue weighted by Gasteiger charge is -2.27. The average Bonchev–Trinajstić information content (AvgIpc) is 3.52. The average molecular weight is 586 g/mol. The van der Waals surface area contributed by atoms with Crippen LogP contribution in [0.5, 0.6) is 0 Å². The molecule has 0 spiro atoms. The maximum absolute atomic E-state index is 13.6. The van der Waals surface area contributed by atoms with Crippen molar-refractivity contribution >= 4 is 23.9 Å². The van der Waals surface area contributed by atoms with Crippen molar-refractivity contribution in [3.63, 3.8) is 0 Å². The number of hydrogen-bond acceptors (Lipinski definition) is 7. The number of aliphatic carboxylic acids is 1. The molecule has 224 valence electrons. The highest BCUT2D eigenvalue weighted by Gasteiger charge is 2.55. The maximum atomic E-state index is 13.6. The molecule has 5 rings (SSSR count). The van der Waals surface area contributed by atoms with E-state index in [1.807, 2.05) is 48.5 Å². The summed E-state index contributed by atoms with van der Waals surface area (Å²) in [6.45, 7) is 4.83. The van der Waals surface area contributed by atoms with Crippen molar-refractivity contribution < 1.29 is 33.8 Å². The zero-order chi connectivity index (χ0) is 30.9. The molecule has 1 heterocycles. The van der Waals surface area contributed by atoms with Crippen LogP contribution in [0.2, 0.25) is 0 Å². The van der Waals surface area contributed by atoms with Crippen molar-refractivity contribution in [1.82, 2.24) is 10.2 Å². The second kappa shape index (κ2) is 11.5. The molecule has 1 fully saturated rings. The quantitative estimate of drug-likeness (QED) is 0.335. The van der Waals surface area contributed by atoms with E-state index in [1.165, 1.54) is 0 Å². The molecule has 2 amide bonds. The summed E-state index contributed by atoms with van der Waals surface area (Å²) in [4.78, 5) is 52.4. The number of nitrogens with two attached hydrogens (primary N) is 1. The molecule has 1 saturated heterocycles. The van der Waals surface area contributed by atoms with Crippen LogP contribution in [0.3, 0.4) is 0 Å². The maximum Gasteiger partial charge on any atom is 0.410 e. The van der Waals surface area contributed by atoms with Crippen molar-refractivity contribution in [2.75, 3.05) is 13.2 Å². The molecule has 3 aromatic rings. The van der Waals surface area contributed by atoms with Gasteiger partial charge in [0.1, 0.15) is 23.8 Å². The Hall–Kier alpha value is -4.70. The molecule has 2 unspecified atom stereocenters. The fraction of sp³-hybridized carbons (Fsp3) is 0.333. The number of rotatable bonds is 8. The number of likely N-dealkylation sites (tertiary alicyclic amines) is 1. The van der Waals surface area contributed by atoms with E-state index < -0.39 is 41.1 Å².